The van der Waals surface area contributed by atoms with Crippen LogP contribution in [0.2, 0.25) is 5.02 Å². The van der Waals surface area contributed by atoms with Crippen LogP contribution < -0.4 is 19.5 Å². The summed E-state index contributed by atoms with van der Waals surface area (Å²) in [5, 5.41) is 3.58. The van der Waals surface area contributed by atoms with Crippen LogP contribution in [0.25, 0.3) is 0 Å². The van der Waals surface area contributed by atoms with Gasteiger partial charge in [0.05, 0.1) is 19.3 Å². The lowest BCUT2D eigenvalue weighted by Gasteiger charge is -2.21. The topological polar surface area (TPSA) is 56.8 Å². The van der Waals surface area contributed by atoms with E-state index in [2.05, 4.69) is 5.32 Å². The molecule has 28 heavy (non-hydrogen) atoms. The summed E-state index contributed by atoms with van der Waals surface area (Å²) in [6.07, 6.45) is -0.0617. The number of rotatable bonds is 10. The minimum atomic E-state index is -0.602. The first-order chi connectivity index (χ1) is 13.5. The van der Waals surface area contributed by atoms with Crippen LogP contribution >= 0.6 is 11.6 Å². The van der Waals surface area contributed by atoms with Gasteiger partial charge in [0.15, 0.2) is 17.6 Å². The average Bonchev–Trinajstić information content (AvgIpc) is 2.67. The molecule has 2 rings (SSSR count). The first-order valence-corrected chi connectivity index (χ1v) is 9.98. The molecule has 1 amide bonds. The van der Waals surface area contributed by atoms with Crippen LogP contribution in [-0.2, 0) is 4.79 Å². The lowest BCUT2D eigenvalue weighted by atomic mass is 10.1. The van der Waals surface area contributed by atoms with Crippen molar-refractivity contribution in [1.82, 2.24) is 5.32 Å². The Morgan fingerprint density at radius 1 is 1.04 bits per heavy atom. The summed E-state index contributed by atoms with van der Waals surface area (Å²) in [6.45, 7) is 8.78. The average molecular weight is 406 g/mol. The van der Waals surface area contributed by atoms with E-state index in [0.29, 0.717) is 41.9 Å². The second-order valence-corrected chi connectivity index (χ2v) is 6.71. The van der Waals surface area contributed by atoms with Gasteiger partial charge in [0.2, 0.25) is 0 Å². The summed E-state index contributed by atoms with van der Waals surface area (Å²) in [5.41, 5.74) is 0.929. The normalized spacial score (nSPS) is 12.8. The Labute approximate surface area is 171 Å². The van der Waals surface area contributed by atoms with Gasteiger partial charge in [-0.1, -0.05) is 30.7 Å². The van der Waals surface area contributed by atoms with Gasteiger partial charge < -0.3 is 19.5 Å². The maximum atomic E-state index is 12.7. The van der Waals surface area contributed by atoms with Gasteiger partial charge in [0.25, 0.3) is 5.91 Å². The van der Waals surface area contributed by atoms with Crippen molar-refractivity contribution >= 4 is 17.5 Å². The van der Waals surface area contributed by atoms with E-state index in [1.165, 1.54) is 0 Å². The molecule has 0 aliphatic carbocycles. The summed E-state index contributed by atoms with van der Waals surface area (Å²) in [4.78, 5) is 12.7. The van der Waals surface area contributed by atoms with Crippen molar-refractivity contribution in [3.8, 4) is 17.2 Å². The van der Waals surface area contributed by atoms with E-state index in [4.69, 9.17) is 25.8 Å². The Morgan fingerprint density at radius 3 is 2.39 bits per heavy atom. The summed E-state index contributed by atoms with van der Waals surface area (Å²) in [7, 11) is 0. The zero-order valence-corrected chi connectivity index (χ0v) is 17.6. The number of benzene rings is 2. The highest BCUT2D eigenvalue weighted by molar-refractivity contribution is 6.30. The molecule has 0 aromatic heterocycles. The number of carbonyl (C=O) groups excluding carboxylic acids is 1. The summed E-state index contributed by atoms with van der Waals surface area (Å²) in [6, 6.07) is 12.5. The van der Waals surface area contributed by atoms with E-state index in [1.54, 1.807) is 24.3 Å². The fraction of sp³-hybridized carbons (Fsp3) is 0.409. The monoisotopic (exact) mass is 405 g/mol. The predicted molar refractivity (Wildman–Crippen MR) is 111 cm³/mol. The van der Waals surface area contributed by atoms with Crippen molar-refractivity contribution < 1.29 is 19.0 Å². The third kappa shape index (κ3) is 6.06. The zero-order valence-electron chi connectivity index (χ0n) is 16.8. The Morgan fingerprint density at radius 2 is 1.75 bits per heavy atom. The van der Waals surface area contributed by atoms with Gasteiger partial charge in [0.1, 0.15) is 5.75 Å². The largest absolute Gasteiger partial charge is 0.490 e. The lowest BCUT2D eigenvalue weighted by Crippen LogP contribution is -2.39. The number of halogens is 1. The molecule has 152 valence electrons. The Hall–Kier alpha value is -2.40. The van der Waals surface area contributed by atoms with Crippen LogP contribution in [-0.4, -0.2) is 25.2 Å². The fourth-order valence-corrected chi connectivity index (χ4v) is 2.93. The second kappa shape index (κ2) is 10.8. The molecule has 0 unspecified atom stereocenters. The van der Waals surface area contributed by atoms with Gasteiger partial charge in [-0.3, -0.25) is 4.79 Å². The molecule has 0 heterocycles. The number of nitrogens with one attached hydrogen (secondary N) is 1. The van der Waals surface area contributed by atoms with E-state index >= 15 is 0 Å². The number of amides is 1. The third-order valence-electron chi connectivity index (χ3n) is 4.16. The highest BCUT2D eigenvalue weighted by atomic mass is 35.5. The molecule has 2 atom stereocenters. The molecular formula is C22H28ClNO4. The molecule has 1 N–H and O–H groups in total. The van der Waals surface area contributed by atoms with Gasteiger partial charge in [-0.2, -0.15) is 0 Å². The van der Waals surface area contributed by atoms with Crippen molar-refractivity contribution in [1.29, 1.82) is 0 Å². The summed E-state index contributed by atoms with van der Waals surface area (Å²) < 4.78 is 17.1. The molecule has 5 nitrogen and oxygen atoms in total. The molecule has 0 saturated carbocycles. The maximum absolute atomic E-state index is 12.7. The SMILES string of the molecule is CCOc1ccc([C@H](C)NC(=O)[C@@H](CC)Oc2cccc(Cl)c2)cc1OCC. The molecule has 0 bridgehead atoms. The smallest absolute Gasteiger partial charge is 0.261 e. The molecule has 2 aromatic rings. The minimum absolute atomic E-state index is 0.179. The molecule has 0 fully saturated rings. The zero-order chi connectivity index (χ0) is 20.5. The number of hydrogen-bond acceptors (Lipinski definition) is 4. The van der Waals surface area contributed by atoms with Gasteiger partial charge in [-0.25, -0.2) is 0 Å². The van der Waals surface area contributed by atoms with E-state index in [-0.39, 0.29) is 11.9 Å². The summed E-state index contributed by atoms with van der Waals surface area (Å²) >= 11 is 5.99. The van der Waals surface area contributed by atoms with E-state index < -0.39 is 6.10 Å². The molecule has 0 aliphatic heterocycles. The first kappa shape index (κ1) is 21.9. The van der Waals surface area contributed by atoms with Gasteiger partial charge in [0, 0.05) is 5.02 Å². The highest BCUT2D eigenvalue weighted by Crippen LogP contribution is 2.31. The Bertz CT molecular complexity index is 781. The van der Waals surface area contributed by atoms with Gasteiger partial charge >= 0.3 is 0 Å². The number of carbonyl (C=O) groups is 1. The van der Waals surface area contributed by atoms with E-state index in [9.17, 15) is 4.79 Å². The van der Waals surface area contributed by atoms with Crippen molar-refractivity contribution in [2.24, 2.45) is 0 Å². The summed E-state index contributed by atoms with van der Waals surface area (Å²) in [5.74, 6) is 1.76. The fourth-order valence-electron chi connectivity index (χ4n) is 2.75. The predicted octanol–water partition coefficient (Wildman–Crippen LogP) is 5.17. The number of ether oxygens (including phenoxy) is 3. The van der Waals surface area contributed by atoms with Gasteiger partial charge in [-0.05, 0) is 63.1 Å². The van der Waals surface area contributed by atoms with Crippen molar-refractivity contribution in [2.75, 3.05) is 13.2 Å². The van der Waals surface area contributed by atoms with Crippen molar-refractivity contribution in [3.05, 3.63) is 53.1 Å². The third-order valence-corrected chi connectivity index (χ3v) is 4.40. The van der Waals surface area contributed by atoms with Crippen LogP contribution in [0.1, 0.15) is 45.7 Å². The molecular weight excluding hydrogens is 378 g/mol. The second-order valence-electron chi connectivity index (χ2n) is 6.27. The molecule has 0 spiro atoms. The van der Waals surface area contributed by atoms with Crippen molar-refractivity contribution in [3.63, 3.8) is 0 Å². The Balaban J connectivity index is 2.08. The van der Waals surface area contributed by atoms with Crippen LogP contribution in [0.4, 0.5) is 0 Å². The maximum Gasteiger partial charge on any atom is 0.261 e. The van der Waals surface area contributed by atoms with Crippen LogP contribution in [0.5, 0.6) is 17.2 Å². The van der Waals surface area contributed by atoms with Crippen LogP contribution in [0.3, 0.4) is 0 Å². The molecule has 2 aromatic carbocycles. The van der Waals surface area contributed by atoms with Crippen LogP contribution in [0, 0.1) is 0 Å². The van der Waals surface area contributed by atoms with Crippen molar-refractivity contribution in [2.45, 2.75) is 46.3 Å². The quantitative estimate of drug-likeness (QED) is 0.592. The first-order valence-electron chi connectivity index (χ1n) is 9.60. The number of hydrogen-bond donors (Lipinski definition) is 1. The van der Waals surface area contributed by atoms with Gasteiger partial charge in [-0.15, -0.1) is 0 Å². The molecule has 0 radical (unpaired) electrons. The Kier molecular flexibility index (Phi) is 8.45. The van der Waals surface area contributed by atoms with E-state index in [1.807, 2.05) is 45.9 Å². The molecule has 6 heteroatoms. The minimum Gasteiger partial charge on any atom is -0.490 e. The molecule has 0 saturated heterocycles. The lowest BCUT2D eigenvalue weighted by molar-refractivity contribution is -0.128. The van der Waals surface area contributed by atoms with E-state index in [0.717, 1.165) is 5.56 Å². The molecule has 0 aliphatic rings. The van der Waals surface area contributed by atoms with Crippen LogP contribution in [0.15, 0.2) is 42.5 Å². The standard InChI is InChI=1S/C22H28ClNO4/c1-5-19(28-18-10-8-9-17(23)14-18)22(25)24-15(4)16-11-12-20(26-6-2)21(13-16)27-7-3/h8-15,19H,5-7H2,1-4H3,(H,24,25)/t15-,19+/m0/s1. The highest BCUT2D eigenvalue weighted by Gasteiger charge is 2.21.